The molecular formula is C22H30O3. The van der Waals surface area contributed by atoms with Gasteiger partial charge < -0.3 is 4.74 Å². The van der Waals surface area contributed by atoms with Crippen LogP contribution in [-0.2, 0) is 14.3 Å². The zero-order valence-electron chi connectivity index (χ0n) is 15.7. The normalized spacial score (nSPS) is 45.2. The highest BCUT2D eigenvalue weighted by Crippen LogP contribution is 2.64. The van der Waals surface area contributed by atoms with Gasteiger partial charge in [0, 0.05) is 17.3 Å². The Labute approximate surface area is 150 Å². The summed E-state index contributed by atoms with van der Waals surface area (Å²) in [5.41, 5.74) is 1.53. The highest BCUT2D eigenvalue weighted by molar-refractivity contribution is 6.01. The minimum Gasteiger partial charge on any atom is -0.462 e. The van der Waals surface area contributed by atoms with Gasteiger partial charge in [0.1, 0.15) is 6.10 Å². The van der Waals surface area contributed by atoms with Gasteiger partial charge in [-0.1, -0.05) is 32.4 Å². The summed E-state index contributed by atoms with van der Waals surface area (Å²) in [4.78, 5) is 23.7. The summed E-state index contributed by atoms with van der Waals surface area (Å²) < 4.78 is 5.85. The molecule has 0 aromatic carbocycles. The number of ketones is 1. The van der Waals surface area contributed by atoms with Gasteiger partial charge in [-0.25, -0.2) is 0 Å². The number of rotatable bonds is 2. The molecule has 3 fully saturated rings. The SMILES string of the molecule is CCC(=O)OC1CCC2C3CCC4=CC(=O)C=CC4(C)C3CCC12C. The fourth-order valence-corrected chi connectivity index (χ4v) is 6.59. The minimum atomic E-state index is -0.0523. The van der Waals surface area contributed by atoms with Crippen LogP contribution in [0.1, 0.15) is 65.7 Å². The summed E-state index contributed by atoms with van der Waals surface area (Å²) in [6, 6.07) is 0. The molecule has 0 aromatic heterocycles. The summed E-state index contributed by atoms with van der Waals surface area (Å²) in [6.07, 6.45) is 13.1. The molecule has 136 valence electrons. The number of esters is 1. The van der Waals surface area contributed by atoms with Crippen molar-refractivity contribution in [3.8, 4) is 0 Å². The van der Waals surface area contributed by atoms with Crippen molar-refractivity contribution in [3.63, 3.8) is 0 Å². The molecule has 0 radical (unpaired) electrons. The Morgan fingerprint density at radius 1 is 1.20 bits per heavy atom. The van der Waals surface area contributed by atoms with Gasteiger partial charge in [0.05, 0.1) is 0 Å². The quantitative estimate of drug-likeness (QED) is 0.688. The maximum absolute atomic E-state index is 11.9. The van der Waals surface area contributed by atoms with Crippen LogP contribution < -0.4 is 0 Å². The monoisotopic (exact) mass is 342 g/mol. The van der Waals surface area contributed by atoms with Crippen LogP contribution in [0, 0.1) is 28.6 Å². The molecule has 0 aliphatic heterocycles. The van der Waals surface area contributed by atoms with E-state index in [4.69, 9.17) is 4.74 Å². The first-order chi connectivity index (χ1) is 11.9. The molecule has 0 amide bonds. The van der Waals surface area contributed by atoms with Crippen LogP contribution in [0.3, 0.4) is 0 Å². The van der Waals surface area contributed by atoms with Gasteiger partial charge in [-0.2, -0.15) is 0 Å². The first-order valence-electron chi connectivity index (χ1n) is 10.0. The fraction of sp³-hybridized carbons (Fsp3) is 0.727. The van der Waals surface area contributed by atoms with Crippen LogP contribution in [0.5, 0.6) is 0 Å². The number of hydrogen-bond donors (Lipinski definition) is 0. The van der Waals surface area contributed by atoms with Crippen LogP contribution >= 0.6 is 0 Å². The summed E-state index contributed by atoms with van der Waals surface area (Å²) in [5, 5.41) is 0. The molecule has 25 heavy (non-hydrogen) atoms. The van der Waals surface area contributed by atoms with Crippen molar-refractivity contribution in [3.05, 3.63) is 23.8 Å². The lowest BCUT2D eigenvalue weighted by Gasteiger charge is -2.56. The number of ether oxygens (including phenoxy) is 1. The lowest BCUT2D eigenvalue weighted by Crippen LogP contribution is -2.51. The fourth-order valence-electron chi connectivity index (χ4n) is 6.59. The Hall–Kier alpha value is -1.38. The Kier molecular flexibility index (Phi) is 3.97. The average Bonchev–Trinajstić information content (AvgIpc) is 2.92. The zero-order chi connectivity index (χ0) is 17.8. The second kappa shape index (κ2) is 5.82. The standard InChI is InChI=1S/C22H30O3/c1-4-20(24)25-19-8-7-17-16-6-5-14-13-15(23)9-11-21(14,2)18(16)10-12-22(17,19)3/h9,11,13,16-19H,4-8,10,12H2,1-3H3. The molecule has 3 saturated carbocycles. The van der Waals surface area contributed by atoms with Crippen molar-refractivity contribution >= 4 is 11.8 Å². The van der Waals surface area contributed by atoms with Crippen LogP contribution in [-0.4, -0.2) is 17.9 Å². The Morgan fingerprint density at radius 2 is 2.00 bits per heavy atom. The molecule has 3 heteroatoms. The number of fused-ring (bicyclic) bond motifs is 5. The van der Waals surface area contributed by atoms with Crippen LogP contribution in [0.25, 0.3) is 0 Å². The largest absolute Gasteiger partial charge is 0.462 e. The summed E-state index contributed by atoms with van der Waals surface area (Å²) in [6.45, 7) is 6.58. The van der Waals surface area contributed by atoms with Gasteiger partial charge in [-0.05, 0) is 68.4 Å². The van der Waals surface area contributed by atoms with E-state index < -0.39 is 0 Å². The van der Waals surface area contributed by atoms with Gasteiger partial charge in [0.25, 0.3) is 0 Å². The molecule has 0 spiro atoms. The van der Waals surface area contributed by atoms with Crippen molar-refractivity contribution in [2.24, 2.45) is 28.6 Å². The van der Waals surface area contributed by atoms with Gasteiger partial charge in [0.15, 0.2) is 5.78 Å². The third kappa shape index (κ3) is 2.45. The van der Waals surface area contributed by atoms with E-state index in [1.807, 2.05) is 13.0 Å². The maximum atomic E-state index is 11.9. The second-order valence-corrected chi connectivity index (χ2v) is 9.06. The van der Waals surface area contributed by atoms with Gasteiger partial charge in [0.2, 0.25) is 0 Å². The van der Waals surface area contributed by atoms with Crippen molar-refractivity contribution < 1.29 is 14.3 Å². The maximum Gasteiger partial charge on any atom is 0.305 e. The van der Waals surface area contributed by atoms with E-state index >= 15 is 0 Å². The van der Waals surface area contributed by atoms with E-state index in [-0.39, 0.29) is 28.7 Å². The molecule has 6 unspecified atom stereocenters. The summed E-state index contributed by atoms with van der Waals surface area (Å²) in [7, 11) is 0. The highest BCUT2D eigenvalue weighted by atomic mass is 16.5. The van der Waals surface area contributed by atoms with Crippen molar-refractivity contribution in [1.29, 1.82) is 0 Å². The molecule has 0 aromatic rings. The first-order valence-corrected chi connectivity index (χ1v) is 10.0. The van der Waals surface area contributed by atoms with E-state index in [1.165, 1.54) is 24.8 Å². The lowest BCUT2D eigenvalue weighted by atomic mass is 9.48. The van der Waals surface area contributed by atoms with Crippen LogP contribution in [0.2, 0.25) is 0 Å². The van der Waals surface area contributed by atoms with Gasteiger partial charge in [-0.3, -0.25) is 9.59 Å². The van der Waals surface area contributed by atoms with E-state index in [0.29, 0.717) is 24.2 Å². The molecule has 0 bridgehead atoms. The molecule has 4 rings (SSSR count). The van der Waals surface area contributed by atoms with Crippen LogP contribution in [0.4, 0.5) is 0 Å². The van der Waals surface area contributed by atoms with Crippen molar-refractivity contribution in [2.45, 2.75) is 71.8 Å². The third-order valence-electron chi connectivity index (χ3n) is 8.03. The number of hydrogen-bond acceptors (Lipinski definition) is 3. The number of carbonyl (C=O) groups excluding carboxylic acids is 2. The van der Waals surface area contributed by atoms with E-state index in [9.17, 15) is 9.59 Å². The van der Waals surface area contributed by atoms with E-state index in [0.717, 1.165) is 19.3 Å². The van der Waals surface area contributed by atoms with Gasteiger partial charge in [-0.15, -0.1) is 0 Å². The smallest absolute Gasteiger partial charge is 0.305 e. The molecule has 4 aliphatic carbocycles. The van der Waals surface area contributed by atoms with Crippen molar-refractivity contribution in [2.75, 3.05) is 0 Å². The lowest BCUT2D eigenvalue weighted by molar-refractivity contribution is -0.158. The summed E-state index contributed by atoms with van der Waals surface area (Å²) >= 11 is 0. The zero-order valence-corrected chi connectivity index (χ0v) is 15.7. The molecular weight excluding hydrogens is 312 g/mol. The molecule has 0 N–H and O–H groups in total. The first kappa shape index (κ1) is 17.1. The minimum absolute atomic E-state index is 0.0519. The Morgan fingerprint density at radius 3 is 2.76 bits per heavy atom. The molecule has 3 nitrogen and oxygen atoms in total. The third-order valence-corrected chi connectivity index (χ3v) is 8.03. The predicted octanol–water partition coefficient (Wildman–Crippen LogP) is 4.62. The highest BCUT2D eigenvalue weighted by Gasteiger charge is 2.59. The van der Waals surface area contributed by atoms with Crippen LogP contribution in [0.15, 0.2) is 23.8 Å². The van der Waals surface area contributed by atoms with Gasteiger partial charge >= 0.3 is 5.97 Å². The topological polar surface area (TPSA) is 43.4 Å². The predicted molar refractivity (Wildman–Crippen MR) is 96.8 cm³/mol. The van der Waals surface area contributed by atoms with Crippen molar-refractivity contribution in [1.82, 2.24) is 0 Å². The number of allylic oxidation sites excluding steroid dienone is 4. The molecule has 0 heterocycles. The molecule has 6 atom stereocenters. The number of carbonyl (C=O) groups is 2. The molecule has 0 saturated heterocycles. The van der Waals surface area contributed by atoms with E-state index in [2.05, 4.69) is 19.9 Å². The Bertz CT molecular complexity index is 660. The van der Waals surface area contributed by atoms with E-state index in [1.54, 1.807) is 6.08 Å². The average molecular weight is 342 g/mol. The summed E-state index contributed by atoms with van der Waals surface area (Å²) in [5.74, 6) is 2.05. The molecule has 4 aliphatic rings. The Balaban J connectivity index is 1.60. The second-order valence-electron chi connectivity index (χ2n) is 9.06.